The molecule has 0 atom stereocenters. The van der Waals surface area contributed by atoms with Crippen LogP contribution >= 0.6 is 15.9 Å². The third kappa shape index (κ3) is 1.93. The molecule has 1 heterocycles. The van der Waals surface area contributed by atoms with Gasteiger partial charge in [-0.1, -0.05) is 0 Å². The normalized spacial score (nSPS) is 10.5. The number of benzene rings is 1. The fraction of sp³-hybridized carbons (Fsp3) is 0.100. The van der Waals surface area contributed by atoms with Crippen LogP contribution in [0.2, 0.25) is 0 Å². The summed E-state index contributed by atoms with van der Waals surface area (Å²) in [4.78, 5) is 0. The highest BCUT2D eigenvalue weighted by Crippen LogP contribution is 2.42. The first-order valence-electron chi connectivity index (χ1n) is 4.60. The molecule has 1 aromatic carbocycles. The monoisotopic (exact) mass is 301 g/mol. The van der Waals surface area contributed by atoms with Gasteiger partial charge in [-0.15, -0.1) is 0 Å². The Morgan fingerprint density at radius 1 is 1.53 bits per heavy atom. The Hall–Kier alpha value is -1.76. The van der Waals surface area contributed by atoms with Gasteiger partial charge in [-0.2, -0.15) is 5.10 Å². The third-order valence-electron chi connectivity index (χ3n) is 2.22. The van der Waals surface area contributed by atoms with E-state index in [1.807, 2.05) is 0 Å². The number of nitrogens with two attached hydrogens (primary N) is 1. The fourth-order valence-electron chi connectivity index (χ4n) is 1.51. The molecule has 0 bridgehead atoms. The van der Waals surface area contributed by atoms with E-state index in [0.717, 1.165) is 0 Å². The molecule has 0 spiro atoms. The summed E-state index contributed by atoms with van der Waals surface area (Å²) in [5.74, 6) is -0.498. The lowest BCUT2D eigenvalue weighted by molar-refractivity contribution is 0.371. The van der Waals surface area contributed by atoms with E-state index in [2.05, 4.69) is 26.1 Å². The van der Waals surface area contributed by atoms with E-state index in [9.17, 15) is 9.50 Å². The first kappa shape index (κ1) is 11.7. The van der Waals surface area contributed by atoms with Crippen LogP contribution in [0.3, 0.4) is 0 Å². The first-order chi connectivity index (χ1) is 8.04. The average molecular weight is 302 g/mol. The number of anilines is 1. The van der Waals surface area contributed by atoms with Crippen LogP contribution in [0.25, 0.3) is 11.3 Å². The number of H-pyrrole nitrogens is 1. The lowest BCUT2D eigenvalue weighted by Gasteiger charge is -2.11. The van der Waals surface area contributed by atoms with Gasteiger partial charge in [0.1, 0.15) is 5.82 Å². The van der Waals surface area contributed by atoms with Crippen molar-refractivity contribution in [2.45, 2.75) is 0 Å². The first-order valence-corrected chi connectivity index (χ1v) is 5.40. The Bertz CT molecular complexity index is 571. The fourth-order valence-corrected chi connectivity index (χ4v) is 1.92. The Balaban J connectivity index is 2.74. The van der Waals surface area contributed by atoms with E-state index in [1.165, 1.54) is 19.2 Å². The zero-order valence-corrected chi connectivity index (χ0v) is 10.4. The van der Waals surface area contributed by atoms with E-state index >= 15 is 0 Å². The van der Waals surface area contributed by atoms with Crippen LogP contribution in [0.4, 0.5) is 10.2 Å². The summed E-state index contributed by atoms with van der Waals surface area (Å²) < 4.78 is 19.1. The predicted molar refractivity (Wildman–Crippen MR) is 64.3 cm³/mol. The highest BCUT2D eigenvalue weighted by molar-refractivity contribution is 9.10. The number of phenolic OH excluding ortho intramolecular Hbond substituents is 1. The second-order valence-corrected chi connectivity index (χ2v) is 4.16. The van der Waals surface area contributed by atoms with Gasteiger partial charge in [-0.05, 0) is 15.9 Å². The number of rotatable bonds is 2. The van der Waals surface area contributed by atoms with E-state index in [4.69, 9.17) is 10.5 Å². The minimum Gasteiger partial charge on any atom is -0.504 e. The van der Waals surface area contributed by atoms with Gasteiger partial charge in [0.25, 0.3) is 0 Å². The predicted octanol–water partition coefficient (Wildman–Crippen LogP) is 2.27. The number of ether oxygens (including phenoxy) is 1. The maximum Gasteiger partial charge on any atom is 0.172 e. The second kappa shape index (κ2) is 4.25. The number of nitrogens with zero attached hydrogens (tertiary/aromatic N) is 1. The lowest BCUT2D eigenvalue weighted by atomic mass is 10.1. The van der Waals surface area contributed by atoms with Gasteiger partial charge in [0.15, 0.2) is 17.3 Å². The summed E-state index contributed by atoms with van der Waals surface area (Å²) in [7, 11) is 1.34. The van der Waals surface area contributed by atoms with Crippen LogP contribution in [0.15, 0.2) is 16.6 Å². The van der Waals surface area contributed by atoms with E-state index in [-0.39, 0.29) is 27.4 Å². The molecule has 7 heteroatoms. The molecule has 0 saturated carbocycles. The highest BCUT2D eigenvalue weighted by Gasteiger charge is 2.20. The molecule has 4 N–H and O–H groups in total. The summed E-state index contributed by atoms with van der Waals surface area (Å²) >= 11 is 3.01. The standard InChI is InChI=1S/C10H9BrFN3O2/c1-17-10-6(16)2-4(11)9(12)8(10)5-3-7(13)15-14-5/h2-3,16H,1H3,(H3,13,14,15). The van der Waals surface area contributed by atoms with Crippen LogP contribution < -0.4 is 10.5 Å². The number of nitrogens with one attached hydrogen (secondary N) is 1. The van der Waals surface area contributed by atoms with Crippen molar-refractivity contribution in [2.24, 2.45) is 0 Å². The maximum atomic E-state index is 14.0. The molecular weight excluding hydrogens is 293 g/mol. The topological polar surface area (TPSA) is 84.2 Å². The molecule has 0 fully saturated rings. The van der Waals surface area contributed by atoms with Crippen LogP contribution in [0, 0.1) is 5.82 Å². The number of phenols is 1. The second-order valence-electron chi connectivity index (χ2n) is 3.31. The van der Waals surface area contributed by atoms with Crippen LogP contribution in [0.1, 0.15) is 0 Å². The SMILES string of the molecule is COc1c(O)cc(Br)c(F)c1-c1cc(N)n[nH]1. The Morgan fingerprint density at radius 2 is 2.24 bits per heavy atom. The summed E-state index contributed by atoms with van der Waals surface area (Å²) in [6.45, 7) is 0. The zero-order valence-electron chi connectivity index (χ0n) is 8.79. The number of aromatic amines is 1. The van der Waals surface area contributed by atoms with Crippen molar-refractivity contribution in [3.8, 4) is 22.8 Å². The van der Waals surface area contributed by atoms with Crippen molar-refractivity contribution in [1.29, 1.82) is 0 Å². The number of aromatic nitrogens is 2. The van der Waals surface area contributed by atoms with Gasteiger partial charge in [-0.25, -0.2) is 4.39 Å². The highest BCUT2D eigenvalue weighted by atomic mass is 79.9. The molecule has 0 saturated heterocycles. The number of nitrogen functional groups attached to an aromatic ring is 1. The molecule has 2 rings (SSSR count). The van der Waals surface area contributed by atoms with Crippen LogP contribution in [-0.4, -0.2) is 22.4 Å². The third-order valence-corrected chi connectivity index (χ3v) is 2.80. The molecule has 0 aliphatic carbocycles. The number of aromatic hydroxyl groups is 1. The Morgan fingerprint density at radius 3 is 2.76 bits per heavy atom. The number of hydrogen-bond donors (Lipinski definition) is 3. The van der Waals surface area contributed by atoms with Gasteiger partial charge in [0.05, 0.1) is 22.8 Å². The van der Waals surface area contributed by atoms with Crippen molar-refractivity contribution in [1.82, 2.24) is 10.2 Å². The molecule has 5 nitrogen and oxygen atoms in total. The van der Waals surface area contributed by atoms with E-state index in [0.29, 0.717) is 5.69 Å². The van der Waals surface area contributed by atoms with E-state index in [1.54, 1.807) is 0 Å². The lowest BCUT2D eigenvalue weighted by Crippen LogP contribution is -1.94. The number of methoxy groups -OCH3 is 1. The van der Waals surface area contributed by atoms with Gasteiger partial charge in [0.2, 0.25) is 0 Å². The molecule has 0 aliphatic rings. The number of halogens is 2. The zero-order chi connectivity index (χ0) is 12.6. The molecule has 0 unspecified atom stereocenters. The summed E-state index contributed by atoms with van der Waals surface area (Å²) in [6.07, 6.45) is 0. The Kier molecular flexibility index (Phi) is 2.93. The minimum atomic E-state index is -0.566. The molecule has 0 aliphatic heterocycles. The van der Waals surface area contributed by atoms with Crippen molar-refractivity contribution in [3.63, 3.8) is 0 Å². The molecule has 0 radical (unpaired) electrons. The van der Waals surface area contributed by atoms with Crippen LogP contribution in [-0.2, 0) is 0 Å². The van der Waals surface area contributed by atoms with Crippen molar-refractivity contribution >= 4 is 21.7 Å². The molecule has 90 valence electrons. The molecule has 0 amide bonds. The summed E-state index contributed by atoms with van der Waals surface area (Å²) in [5.41, 5.74) is 5.85. The maximum absolute atomic E-state index is 14.0. The van der Waals surface area contributed by atoms with Gasteiger partial charge in [0, 0.05) is 12.1 Å². The minimum absolute atomic E-state index is 0.0225. The number of hydrogen-bond acceptors (Lipinski definition) is 4. The smallest absolute Gasteiger partial charge is 0.172 e. The molecule has 17 heavy (non-hydrogen) atoms. The van der Waals surface area contributed by atoms with Crippen molar-refractivity contribution in [2.75, 3.05) is 12.8 Å². The quantitative estimate of drug-likeness (QED) is 0.794. The molecular formula is C10H9BrFN3O2. The van der Waals surface area contributed by atoms with Crippen molar-refractivity contribution in [3.05, 3.63) is 22.4 Å². The van der Waals surface area contributed by atoms with E-state index < -0.39 is 5.82 Å². The molecule has 2 aromatic rings. The van der Waals surface area contributed by atoms with Gasteiger partial charge in [-0.3, -0.25) is 5.10 Å². The van der Waals surface area contributed by atoms with Gasteiger partial charge < -0.3 is 15.6 Å². The average Bonchev–Trinajstić information content (AvgIpc) is 2.69. The summed E-state index contributed by atoms with van der Waals surface area (Å²) in [6, 6.07) is 2.67. The summed E-state index contributed by atoms with van der Waals surface area (Å²) in [5, 5.41) is 15.9. The Labute approximate surface area is 105 Å². The van der Waals surface area contributed by atoms with Crippen LogP contribution in [0.5, 0.6) is 11.5 Å². The largest absolute Gasteiger partial charge is 0.504 e. The molecule has 1 aromatic heterocycles. The van der Waals surface area contributed by atoms with Crippen molar-refractivity contribution < 1.29 is 14.2 Å². The van der Waals surface area contributed by atoms with Gasteiger partial charge >= 0.3 is 0 Å².